The van der Waals surface area contributed by atoms with Gasteiger partial charge in [0.05, 0.1) is 0 Å². The van der Waals surface area contributed by atoms with Gasteiger partial charge in [0, 0.05) is 5.69 Å². The number of carbonyl (C=O) groups is 1. The lowest BCUT2D eigenvalue weighted by Gasteiger charge is -2.08. The maximum atomic E-state index is 12.8. The van der Waals surface area contributed by atoms with Gasteiger partial charge in [0.25, 0.3) is 10.0 Å². The molecule has 106 valence electrons. The first kappa shape index (κ1) is 14.5. The summed E-state index contributed by atoms with van der Waals surface area (Å²) in [7, 11) is -4.03. The van der Waals surface area contributed by atoms with E-state index in [1.54, 1.807) is 0 Å². The van der Waals surface area contributed by atoms with E-state index < -0.39 is 21.8 Å². The molecule has 0 aliphatic carbocycles. The molecule has 20 heavy (non-hydrogen) atoms. The van der Waals surface area contributed by atoms with E-state index in [0.717, 1.165) is 23.5 Å². The second-order valence-corrected chi connectivity index (χ2v) is 6.49. The van der Waals surface area contributed by atoms with E-state index in [1.807, 2.05) is 0 Å². The molecule has 0 saturated carbocycles. The standard InChI is InChI=1S/C12H10FNO4S2/c1-7-6-19-10(12(15)16)11(7)20(17,18)14-9-4-2-8(13)3-5-9/h2-6,14H,1H3,(H,15,16). The third-order valence-electron chi connectivity index (χ3n) is 2.48. The molecular formula is C12H10FNO4S2. The Morgan fingerprint density at radius 1 is 1.30 bits per heavy atom. The minimum Gasteiger partial charge on any atom is -0.477 e. The number of benzene rings is 1. The Morgan fingerprint density at radius 2 is 1.90 bits per heavy atom. The summed E-state index contributed by atoms with van der Waals surface area (Å²) in [6.45, 7) is 1.52. The van der Waals surface area contributed by atoms with Gasteiger partial charge in [0.2, 0.25) is 0 Å². The van der Waals surface area contributed by atoms with Crippen LogP contribution in [-0.2, 0) is 10.0 Å². The smallest absolute Gasteiger partial charge is 0.347 e. The van der Waals surface area contributed by atoms with Crippen molar-refractivity contribution < 1.29 is 22.7 Å². The van der Waals surface area contributed by atoms with Crippen LogP contribution in [0.2, 0.25) is 0 Å². The minimum atomic E-state index is -4.03. The molecule has 0 amide bonds. The zero-order chi connectivity index (χ0) is 14.9. The van der Waals surface area contributed by atoms with Crippen molar-refractivity contribution in [1.29, 1.82) is 0 Å². The van der Waals surface area contributed by atoms with E-state index in [2.05, 4.69) is 4.72 Å². The predicted octanol–water partition coefficient (Wildman–Crippen LogP) is 2.69. The number of aryl methyl sites for hydroxylation is 1. The molecule has 1 aromatic carbocycles. The molecule has 8 heteroatoms. The number of hydrogen-bond acceptors (Lipinski definition) is 4. The van der Waals surface area contributed by atoms with Gasteiger partial charge in [-0.05, 0) is 42.1 Å². The normalized spacial score (nSPS) is 11.3. The molecule has 1 heterocycles. The Hall–Kier alpha value is -1.93. The lowest BCUT2D eigenvalue weighted by molar-refractivity contribution is 0.0698. The fourth-order valence-electron chi connectivity index (χ4n) is 1.64. The summed E-state index contributed by atoms with van der Waals surface area (Å²) >= 11 is 0.845. The average molecular weight is 315 g/mol. The average Bonchev–Trinajstić information content (AvgIpc) is 2.75. The third-order valence-corrected chi connectivity index (χ3v) is 5.26. The first-order valence-electron chi connectivity index (χ1n) is 5.41. The summed E-state index contributed by atoms with van der Waals surface area (Å²) in [5.74, 6) is -1.80. The van der Waals surface area contributed by atoms with Crippen molar-refractivity contribution >= 4 is 33.0 Å². The number of hydrogen-bond donors (Lipinski definition) is 2. The molecule has 2 N–H and O–H groups in total. The van der Waals surface area contributed by atoms with Gasteiger partial charge >= 0.3 is 5.97 Å². The monoisotopic (exact) mass is 315 g/mol. The molecule has 2 aromatic rings. The van der Waals surface area contributed by atoms with Crippen molar-refractivity contribution in [3.8, 4) is 0 Å². The highest BCUT2D eigenvalue weighted by Gasteiger charge is 2.26. The topological polar surface area (TPSA) is 83.5 Å². The van der Waals surface area contributed by atoms with Crippen molar-refractivity contribution in [2.24, 2.45) is 0 Å². The number of halogens is 1. The Balaban J connectivity index is 2.43. The second-order valence-electron chi connectivity index (χ2n) is 3.99. The summed E-state index contributed by atoms with van der Waals surface area (Å²) in [6.07, 6.45) is 0. The van der Waals surface area contributed by atoms with Gasteiger partial charge in [0.1, 0.15) is 15.6 Å². The van der Waals surface area contributed by atoms with E-state index in [1.165, 1.54) is 24.4 Å². The lowest BCUT2D eigenvalue weighted by Crippen LogP contribution is -2.16. The van der Waals surface area contributed by atoms with Crippen LogP contribution in [0.1, 0.15) is 15.2 Å². The number of thiophene rings is 1. The maximum absolute atomic E-state index is 12.8. The van der Waals surface area contributed by atoms with Gasteiger partial charge in [-0.1, -0.05) is 0 Å². The van der Waals surface area contributed by atoms with Gasteiger partial charge in [-0.3, -0.25) is 4.72 Å². The van der Waals surface area contributed by atoms with Crippen LogP contribution in [0.15, 0.2) is 34.5 Å². The zero-order valence-corrected chi connectivity index (χ0v) is 11.9. The van der Waals surface area contributed by atoms with Crippen LogP contribution in [-0.4, -0.2) is 19.5 Å². The SMILES string of the molecule is Cc1csc(C(=O)O)c1S(=O)(=O)Nc1ccc(F)cc1. The van der Waals surface area contributed by atoms with Crippen LogP contribution in [0.25, 0.3) is 0 Å². The molecule has 0 radical (unpaired) electrons. The van der Waals surface area contributed by atoms with E-state index in [0.29, 0.717) is 5.56 Å². The van der Waals surface area contributed by atoms with E-state index in [9.17, 15) is 17.6 Å². The third kappa shape index (κ3) is 2.81. The van der Waals surface area contributed by atoms with Crippen LogP contribution >= 0.6 is 11.3 Å². The molecular weight excluding hydrogens is 305 g/mol. The summed E-state index contributed by atoms with van der Waals surface area (Å²) in [4.78, 5) is 10.5. The van der Waals surface area contributed by atoms with Gasteiger partial charge in [-0.15, -0.1) is 11.3 Å². The van der Waals surface area contributed by atoms with Crippen molar-refractivity contribution in [1.82, 2.24) is 0 Å². The maximum Gasteiger partial charge on any atom is 0.347 e. The van der Waals surface area contributed by atoms with Crippen molar-refractivity contribution in [3.05, 3.63) is 45.9 Å². The molecule has 0 aliphatic heterocycles. The lowest BCUT2D eigenvalue weighted by atomic mass is 10.3. The van der Waals surface area contributed by atoms with Crippen LogP contribution in [0.4, 0.5) is 10.1 Å². The van der Waals surface area contributed by atoms with E-state index in [4.69, 9.17) is 5.11 Å². The number of nitrogens with one attached hydrogen (secondary N) is 1. The molecule has 0 fully saturated rings. The van der Waals surface area contributed by atoms with Crippen molar-refractivity contribution in [2.75, 3.05) is 4.72 Å². The van der Waals surface area contributed by atoms with Crippen LogP contribution in [0, 0.1) is 12.7 Å². The molecule has 0 aliphatic rings. The van der Waals surface area contributed by atoms with Gasteiger partial charge < -0.3 is 5.11 Å². The zero-order valence-electron chi connectivity index (χ0n) is 10.3. The van der Waals surface area contributed by atoms with Crippen molar-refractivity contribution in [3.63, 3.8) is 0 Å². The first-order chi connectivity index (χ1) is 9.31. The van der Waals surface area contributed by atoms with E-state index in [-0.39, 0.29) is 15.5 Å². The number of anilines is 1. The number of aromatic carboxylic acids is 1. The highest BCUT2D eigenvalue weighted by Crippen LogP contribution is 2.28. The number of sulfonamides is 1. The fourth-order valence-corrected chi connectivity index (χ4v) is 4.33. The molecule has 0 unspecified atom stereocenters. The Labute approximate surface area is 118 Å². The molecule has 0 atom stereocenters. The Kier molecular flexibility index (Phi) is 3.78. The van der Waals surface area contributed by atoms with Gasteiger partial charge in [-0.2, -0.15) is 0 Å². The number of carboxylic acids is 1. The molecule has 0 saturated heterocycles. The second kappa shape index (κ2) is 5.22. The predicted molar refractivity (Wildman–Crippen MR) is 73.2 cm³/mol. The largest absolute Gasteiger partial charge is 0.477 e. The van der Waals surface area contributed by atoms with Crippen molar-refractivity contribution in [2.45, 2.75) is 11.8 Å². The fraction of sp³-hybridized carbons (Fsp3) is 0.0833. The van der Waals surface area contributed by atoms with Crippen LogP contribution in [0.5, 0.6) is 0 Å². The van der Waals surface area contributed by atoms with Crippen LogP contribution < -0.4 is 4.72 Å². The van der Waals surface area contributed by atoms with E-state index >= 15 is 0 Å². The molecule has 0 spiro atoms. The van der Waals surface area contributed by atoms with Gasteiger partial charge in [-0.25, -0.2) is 17.6 Å². The number of rotatable bonds is 4. The molecule has 1 aromatic heterocycles. The number of carboxylic acid groups (broad SMARTS) is 1. The van der Waals surface area contributed by atoms with Crippen LogP contribution in [0.3, 0.4) is 0 Å². The highest BCUT2D eigenvalue weighted by molar-refractivity contribution is 7.93. The minimum absolute atomic E-state index is 0.160. The molecule has 0 bridgehead atoms. The summed E-state index contributed by atoms with van der Waals surface area (Å²) in [6, 6.07) is 4.73. The molecule has 2 rings (SSSR count). The quantitative estimate of drug-likeness (QED) is 0.908. The summed E-state index contributed by atoms with van der Waals surface area (Å²) in [5.41, 5.74) is 0.510. The summed E-state index contributed by atoms with van der Waals surface area (Å²) < 4.78 is 39.5. The summed E-state index contributed by atoms with van der Waals surface area (Å²) in [5, 5.41) is 10.5. The Bertz CT molecular complexity index is 750. The first-order valence-corrected chi connectivity index (χ1v) is 7.77. The highest BCUT2D eigenvalue weighted by atomic mass is 32.2. The van der Waals surface area contributed by atoms with Gasteiger partial charge in [0.15, 0.2) is 0 Å². The Morgan fingerprint density at radius 3 is 2.45 bits per heavy atom. The molecule has 5 nitrogen and oxygen atoms in total.